The molecule has 0 saturated carbocycles. The second kappa shape index (κ2) is 7.04. The molecule has 0 bridgehead atoms. The molecule has 1 aromatic carbocycles. The van der Waals surface area contributed by atoms with E-state index in [0.717, 1.165) is 59.5 Å². The smallest absolute Gasteiger partial charge is 0.223 e. The van der Waals surface area contributed by atoms with E-state index in [1.54, 1.807) is 31.6 Å². The number of nitrogens with one attached hydrogen (secondary N) is 1. The third-order valence-corrected chi connectivity index (χ3v) is 5.63. The van der Waals surface area contributed by atoms with Gasteiger partial charge in [-0.1, -0.05) is 5.16 Å². The second-order valence-corrected chi connectivity index (χ2v) is 7.60. The molecule has 1 fully saturated rings. The lowest BCUT2D eigenvalue weighted by molar-refractivity contribution is 0.327. The van der Waals surface area contributed by atoms with Crippen LogP contribution in [0.1, 0.15) is 35.2 Å². The highest BCUT2D eigenvalue weighted by Crippen LogP contribution is 2.33. The summed E-state index contributed by atoms with van der Waals surface area (Å²) in [5.74, 6) is 1.09. The first kappa shape index (κ1) is 17.9. The molecule has 8 heteroatoms. The number of benzene rings is 1. The van der Waals surface area contributed by atoms with Crippen LogP contribution in [0, 0.1) is 19.7 Å². The highest BCUT2D eigenvalue weighted by molar-refractivity contribution is 5.84. The maximum absolute atomic E-state index is 13.8. The van der Waals surface area contributed by atoms with Crippen LogP contribution in [0.2, 0.25) is 0 Å². The van der Waals surface area contributed by atoms with Gasteiger partial charge in [-0.2, -0.15) is 4.98 Å². The van der Waals surface area contributed by atoms with Crippen LogP contribution in [0.5, 0.6) is 0 Å². The van der Waals surface area contributed by atoms with Gasteiger partial charge in [-0.25, -0.2) is 14.4 Å². The van der Waals surface area contributed by atoms with E-state index in [1.807, 2.05) is 6.92 Å². The van der Waals surface area contributed by atoms with Crippen LogP contribution in [0.4, 0.5) is 4.39 Å². The average Bonchev–Trinajstić information content (AvgIpc) is 3.43. The zero-order valence-corrected chi connectivity index (χ0v) is 16.3. The van der Waals surface area contributed by atoms with Gasteiger partial charge < -0.3 is 9.51 Å². The van der Waals surface area contributed by atoms with Crippen molar-refractivity contribution in [2.24, 2.45) is 0 Å². The number of nitrogens with zero attached hydrogens (tertiary/aromatic N) is 5. The Hall–Kier alpha value is -3.13. The predicted octanol–water partition coefficient (Wildman–Crippen LogP) is 3.75. The van der Waals surface area contributed by atoms with Crippen molar-refractivity contribution in [3.05, 3.63) is 59.4 Å². The molecule has 4 heterocycles. The number of aryl methyl sites for hydroxylation is 2. The fourth-order valence-electron chi connectivity index (χ4n) is 4.23. The second-order valence-electron chi connectivity index (χ2n) is 7.60. The van der Waals surface area contributed by atoms with Gasteiger partial charge in [-0.15, -0.1) is 0 Å². The standard InChI is InChI=1S/C21H21FN6O/c1-12-18(16-7-15(22)3-4-19(16)25-12)10-28-6-5-14(9-28)20-17(8-23-11-24-20)21-26-13(2)29-27-21/h3-4,7-8,11,14,25H,5-6,9-10H2,1-2H3. The van der Waals surface area contributed by atoms with Crippen LogP contribution in [0.3, 0.4) is 0 Å². The third-order valence-electron chi connectivity index (χ3n) is 5.63. The van der Waals surface area contributed by atoms with Gasteiger partial charge in [0.15, 0.2) is 0 Å². The minimum absolute atomic E-state index is 0.210. The molecule has 1 atom stereocenters. The maximum Gasteiger partial charge on any atom is 0.223 e. The highest BCUT2D eigenvalue weighted by Gasteiger charge is 2.29. The Balaban J connectivity index is 1.39. The van der Waals surface area contributed by atoms with E-state index in [2.05, 4.69) is 30.0 Å². The van der Waals surface area contributed by atoms with Crippen molar-refractivity contribution in [3.63, 3.8) is 0 Å². The number of hydrogen-bond acceptors (Lipinski definition) is 6. The largest absolute Gasteiger partial charge is 0.358 e. The minimum atomic E-state index is -0.210. The Kier molecular flexibility index (Phi) is 4.35. The fraction of sp³-hybridized carbons (Fsp3) is 0.333. The predicted molar refractivity (Wildman–Crippen MR) is 106 cm³/mol. The first-order valence-corrected chi connectivity index (χ1v) is 9.68. The minimum Gasteiger partial charge on any atom is -0.358 e. The van der Waals surface area contributed by atoms with Crippen LogP contribution in [0.15, 0.2) is 35.2 Å². The van der Waals surface area contributed by atoms with E-state index in [4.69, 9.17) is 4.52 Å². The Morgan fingerprint density at radius 2 is 2.21 bits per heavy atom. The van der Waals surface area contributed by atoms with E-state index in [9.17, 15) is 4.39 Å². The molecule has 5 rings (SSSR count). The van der Waals surface area contributed by atoms with Crippen LogP contribution in [0.25, 0.3) is 22.3 Å². The van der Waals surface area contributed by atoms with E-state index in [1.165, 1.54) is 6.07 Å². The van der Waals surface area contributed by atoms with Gasteiger partial charge in [-0.3, -0.25) is 4.90 Å². The highest BCUT2D eigenvalue weighted by atomic mass is 19.1. The van der Waals surface area contributed by atoms with Gasteiger partial charge >= 0.3 is 0 Å². The van der Waals surface area contributed by atoms with Gasteiger partial charge in [0, 0.05) is 48.7 Å². The average molecular weight is 392 g/mol. The number of H-pyrrole nitrogens is 1. The topological polar surface area (TPSA) is 83.7 Å². The maximum atomic E-state index is 13.8. The number of hydrogen-bond donors (Lipinski definition) is 1. The van der Waals surface area contributed by atoms with Gasteiger partial charge in [-0.05, 0) is 43.7 Å². The Labute approximate surface area is 167 Å². The lowest BCUT2D eigenvalue weighted by atomic mass is 10.00. The molecule has 1 saturated heterocycles. The summed E-state index contributed by atoms with van der Waals surface area (Å²) in [6.07, 6.45) is 4.31. The molecule has 0 amide bonds. The van der Waals surface area contributed by atoms with Crippen molar-refractivity contribution in [2.45, 2.75) is 32.7 Å². The summed E-state index contributed by atoms with van der Waals surface area (Å²) in [7, 11) is 0. The van der Waals surface area contributed by atoms with Gasteiger partial charge in [0.25, 0.3) is 0 Å². The molecule has 0 radical (unpaired) electrons. The molecule has 1 aliphatic rings. The first-order chi connectivity index (χ1) is 14.1. The van der Waals surface area contributed by atoms with Gasteiger partial charge in [0.2, 0.25) is 11.7 Å². The van der Waals surface area contributed by atoms with Crippen molar-refractivity contribution >= 4 is 10.9 Å². The summed E-state index contributed by atoms with van der Waals surface area (Å²) in [5.41, 5.74) is 4.97. The van der Waals surface area contributed by atoms with Crippen LogP contribution < -0.4 is 0 Å². The lowest BCUT2D eigenvalue weighted by Gasteiger charge is -2.17. The van der Waals surface area contributed by atoms with E-state index in [-0.39, 0.29) is 11.7 Å². The van der Waals surface area contributed by atoms with E-state index < -0.39 is 0 Å². The fourth-order valence-corrected chi connectivity index (χ4v) is 4.23. The Morgan fingerprint density at radius 1 is 1.31 bits per heavy atom. The van der Waals surface area contributed by atoms with Crippen molar-refractivity contribution in [2.75, 3.05) is 13.1 Å². The summed E-state index contributed by atoms with van der Waals surface area (Å²) < 4.78 is 18.9. The van der Waals surface area contributed by atoms with Crippen LogP contribution in [-0.2, 0) is 6.54 Å². The summed E-state index contributed by atoms with van der Waals surface area (Å²) in [5, 5.41) is 4.99. The zero-order chi connectivity index (χ0) is 20.0. The Morgan fingerprint density at radius 3 is 3.03 bits per heavy atom. The molecule has 7 nitrogen and oxygen atoms in total. The molecular weight excluding hydrogens is 371 g/mol. The molecular formula is C21H21FN6O. The van der Waals surface area contributed by atoms with Crippen molar-refractivity contribution in [3.8, 4) is 11.4 Å². The number of rotatable bonds is 4. The third kappa shape index (κ3) is 3.29. The van der Waals surface area contributed by atoms with E-state index in [0.29, 0.717) is 11.7 Å². The quantitative estimate of drug-likeness (QED) is 0.569. The summed E-state index contributed by atoms with van der Waals surface area (Å²) in [4.78, 5) is 18.8. The number of likely N-dealkylation sites (tertiary alicyclic amines) is 1. The monoisotopic (exact) mass is 392 g/mol. The van der Waals surface area contributed by atoms with Crippen LogP contribution >= 0.6 is 0 Å². The zero-order valence-electron chi connectivity index (χ0n) is 16.3. The van der Waals surface area contributed by atoms with Crippen molar-refractivity contribution < 1.29 is 8.91 Å². The van der Waals surface area contributed by atoms with Crippen molar-refractivity contribution in [1.29, 1.82) is 0 Å². The first-order valence-electron chi connectivity index (χ1n) is 9.68. The number of aromatic nitrogens is 5. The summed E-state index contributed by atoms with van der Waals surface area (Å²) >= 11 is 0. The molecule has 0 aliphatic carbocycles. The summed E-state index contributed by atoms with van der Waals surface area (Å²) in [6, 6.07) is 4.90. The number of aromatic amines is 1. The summed E-state index contributed by atoms with van der Waals surface area (Å²) in [6.45, 7) is 6.39. The lowest BCUT2D eigenvalue weighted by Crippen LogP contribution is -2.20. The number of halogens is 1. The van der Waals surface area contributed by atoms with Crippen molar-refractivity contribution in [1.82, 2.24) is 30.0 Å². The molecule has 3 aromatic heterocycles. The molecule has 0 spiro atoms. The normalized spacial score (nSPS) is 17.4. The van der Waals surface area contributed by atoms with E-state index >= 15 is 0 Å². The molecule has 1 unspecified atom stereocenters. The van der Waals surface area contributed by atoms with Gasteiger partial charge in [0.05, 0.1) is 11.3 Å². The molecule has 1 aliphatic heterocycles. The SMILES string of the molecule is Cc1nc(-c2cncnc2C2CCN(Cc3c(C)[nH]c4ccc(F)cc34)C2)no1. The molecule has 148 valence electrons. The van der Waals surface area contributed by atoms with Crippen LogP contribution in [-0.4, -0.2) is 43.1 Å². The van der Waals surface area contributed by atoms with Gasteiger partial charge in [0.1, 0.15) is 12.1 Å². The molecule has 4 aromatic rings. The molecule has 29 heavy (non-hydrogen) atoms. The molecule has 1 N–H and O–H groups in total. The number of fused-ring (bicyclic) bond motifs is 1. The Bertz CT molecular complexity index is 1180.